The number of urea groups is 1. The highest BCUT2D eigenvalue weighted by Gasteiger charge is 2.12. The van der Waals surface area contributed by atoms with E-state index in [4.69, 9.17) is 4.52 Å². The average Bonchev–Trinajstić information content (AvgIpc) is 3.12. The van der Waals surface area contributed by atoms with E-state index in [2.05, 4.69) is 36.7 Å². The van der Waals surface area contributed by atoms with Crippen LogP contribution in [-0.4, -0.2) is 22.2 Å². The molecular weight excluding hydrogens is 396 g/mol. The molecule has 3 rings (SSSR count). The zero-order valence-electron chi connectivity index (χ0n) is 14.5. The van der Waals surface area contributed by atoms with E-state index in [9.17, 15) is 4.79 Å². The van der Waals surface area contributed by atoms with E-state index in [1.54, 1.807) is 0 Å². The fourth-order valence-electron chi connectivity index (χ4n) is 2.28. The van der Waals surface area contributed by atoms with Crippen molar-refractivity contribution >= 4 is 27.6 Å². The average molecular weight is 415 g/mol. The lowest BCUT2D eigenvalue weighted by molar-refractivity contribution is 0.249. The van der Waals surface area contributed by atoms with Crippen molar-refractivity contribution in [2.45, 2.75) is 26.3 Å². The quantitative estimate of drug-likeness (QED) is 0.609. The molecule has 2 N–H and O–H groups in total. The molecule has 0 aliphatic carbocycles. The lowest BCUT2D eigenvalue weighted by Crippen LogP contribution is -2.35. The summed E-state index contributed by atoms with van der Waals surface area (Å²) >= 11 is 3.40. The Morgan fingerprint density at radius 3 is 2.69 bits per heavy atom. The fourth-order valence-corrected chi connectivity index (χ4v) is 2.54. The lowest BCUT2D eigenvalue weighted by Gasteiger charge is -2.12. The summed E-state index contributed by atoms with van der Waals surface area (Å²) in [5.74, 6) is 0.911. The molecule has 3 aromatic rings. The summed E-state index contributed by atoms with van der Waals surface area (Å²) in [4.78, 5) is 16.4. The molecule has 0 radical (unpaired) electrons. The Morgan fingerprint density at radius 2 is 1.96 bits per heavy atom. The number of halogens is 1. The topological polar surface area (TPSA) is 80.0 Å². The molecule has 2 aromatic carbocycles. The monoisotopic (exact) mass is 414 g/mol. The summed E-state index contributed by atoms with van der Waals surface area (Å²) in [5, 5.41) is 9.73. The van der Waals surface area contributed by atoms with Gasteiger partial charge >= 0.3 is 6.03 Å². The van der Waals surface area contributed by atoms with Gasteiger partial charge in [0.1, 0.15) is 0 Å². The maximum absolute atomic E-state index is 12.0. The third-order valence-electron chi connectivity index (χ3n) is 3.89. The molecule has 1 heterocycles. The van der Waals surface area contributed by atoms with Crippen LogP contribution in [0, 0.1) is 0 Å². The van der Waals surface area contributed by atoms with Gasteiger partial charge in [-0.2, -0.15) is 4.98 Å². The second-order valence-electron chi connectivity index (χ2n) is 5.92. The van der Waals surface area contributed by atoms with Gasteiger partial charge in [-0.25, -0.2) is 4.79 Å². The van der Waals surface area contributed by atoms with E-state index in [0.717, 1.165) is 22.0 Å². The van der Waals surface area contributed by atoms with Gasteiger partial charge in [-0.15, -0.1) is 0 Å². The predicted octanol–water partition coefficient (Wildman–Crippen LogP) is 5.09. The number of hydrogen-bond acceptors (Lipinski definition) is 4. The number of hydrogen-bond donors (Lipinski definition) is 2. The number of benzene rings is 2. The van der Waals surface area contributed by atoms with Crippen LogP contribution >= 0.6 is 15.9 Å². The SMILES string of the molecule is CC[C@@H](C)NC(=O)Nc1cccc(-c2noc(-c3ccc(Br)cc3)n2)c1. The zero-order chi connectivity index (χ0) is 18.5. The first-order valence-corrected chi connectivity index (χ1v) is 9.12. The second-order valence-corrected chi connectivity index (χ2v) is 6.83. The molecule has 0 bridgehead atoms. The van der Waals surface area contributed by atoms with Gasteiger partial charge in [-0.3, -0.25) is 0 Å². The Kier molecular flexibility index (Phi) is 5.68. The molecule has 26 heavy (non-hydrogen) atoms. The Morgan fingerprint density at radius 1 is 1.19 bits per heavy atom. The molecule has 7 heteroatoms. The van der Waals surface area contributed by atoms with Crippen LogP contribution in [0.4, 0.5) is 10.5 Å². The normalized spacial score (nSPS) is 11.8. The van der Waals surface area contributed by atoms with E-state index >= 15 is 0 Å². The van der Waals surface area contributed by atoms with Gasteiger partial charge in [-0.1, -0.05) is 40.1 Å². The summed E-state index contributed by atoms with van der Waals surface area (Å²) in [5.41, 5.74) is 2.27. The highest BCUT2D eigenvalue weighted by atomic mass is 79.9. The van der Waals surface area contributed by atoms with Crippen LogP contribution in [-0.2, 0) is 0 Å². The van der Waals surface area contributed by atoms with E-state index in [1.165, 1.54) is 0 Å². The van der Waals surface area contributed by atoms with Gasteiger partial charge in [0.25, 0.3) is 5.89 Å². The first kappa shape index (κ1) is 18.1. The van der Waals surface area contributed by atoms with Crippen LogP contribution < -0.4 is 10.6 Å². The van der Waals surface area contributed by atoms with Crippen LogP contribution in [0.1, 0.15) is 20.3 Å². The Labute approximate surface area is 160 Å². The largest absolute Gasteiger partial charge is 0.335 e. The molecule has 0 aliphatic rings. The molecule has 134 valence electrons. The van der Waals surface area contributed by atoms with Crippen molar-refractivity contribution in [2.24, 2.45) is 0 Å². The minimum atomic E-state index is -0.236. The van der Waals surface area contributed by atoms with Crippen LogP contribution in [0.15, 0.2) is 57.5 Å². The molecule has 0 spiro atoms. The van der Waals surface area contributed by atoms with Gasteiger partial charge < -0.3 is 15.2 Å². The van der Waals surface area contributed by atoms with Crippen molar-refractivity contribution in [3.05, 3.63) is 53.0 Å². The number of carbonyl (C=O) groups excluding carboxylic acids is 1. The number of nitrogens with one attached hydrogen (secondary N) is 2. The molecule has 0 fully saturated rings. The summed E-state index contributed by atoms with van der Waals surface area (Å²) in [7, 11) is 0. The second kappa shape index (κ2) is 8.14. The van der Waals surface area contributed by atoms with Crippen molar-refractivity contribution < 1.29 is 9.32 Å². The van der Waals surface area contributed by atoms with Crippen LogP contribution in [0.25, 0.3) is 22.8 Å². The highest BCUT2D eigenvalue weighted by molar-refractivity contribution is 9.10. The van der Waals surface area contributed by atoms with Gasteiger partial charge in [-0.05, 0) is 49.7 Å². The van der Waals surface area contributed by atoms with Crippen molar-refractivity contribution in [3.63, 3.8) is 0 Å². The van der Waals surface area contributed by atoms with E-state index in [-0.39, 0.29) is 12.1 Å². The summed E-state index contributed by atoms with van der Waals surface area (Å²) in [6.45, 7) is 3.98. The first-order chi connectivity index (χ1) is 12.5. The summed E-state index contributed by atoms with van der Waals surface area (Å²) in [6.07, 6.45) is 0.870. The smallest absolute Gasteiger partial charge is 0.319 e. The molecule has 6 nitrogen and oxygen atoms in total. The summed E-state index contributed by atoms with van der Waals surface area (Å²) in [6, 6.07) is 14.8. The minimum absolute atomic E-state index is 0.115. The van der Waals surface area contributed by atoms with E-state index in [1.807, 2.05) is 62.4 Å². The van der Waals surface area contributed by atoms with Crippen molar-refractivity contribution in [2.75, 3.05) is 5.32 Å². The number of amides is 2. The third-order valence-corrected chi connectivity index (χ3v) is 4.41. The maximum atomic E-state index is 12.0. The number of aromatic nitrogens is 2. The number of anilines is 1. The molecule has 0 aliphatic heterocycles. The van der Waals surface area contributed by atoms with Gasteiger partial charge in [0.15, 0.2) is 0 Å². The predicted molar refractivity (Wildman–Crippen MR) is 105 cm³/mol. The van der Waals surface area contributed by atoms with E-state index < -0.39 is 0 Å². The minimum Gasteiger partial charge on any atom is -0.335 e. The Balaban J connectivity index is 1.76. The van der Waals surface area contributed by atoms with Crippen LogP contribution in [0.3, 0.4) is 0 Å². The fraction of sp³-hybridized carbons (Fsp3) is 0.211. The Bertz CT molecular complexity index is 893. The molecule has 0 saturated carbocycles. The van der Waals surface area contributed by atoms with Gasteiger partial charge in [0.2, 0.25) is 5.82 Å². The molecular formula is C19H19BrN4O2. The van der Waals surface area contributed by atoms with Crippen LogP contribution in [0.2, 0.25) is 0 Å². The van der Waals surface area contributed by atoms with E-state index in [0.29, 0.717) is 17.4 Å². The molecule has 0 unspecified atom stereocenters. The van der Waals surface area contributed by atoms with Gasteiger partial charge in [0, 0.05) is 27.3 Å². The molecule has 1 atom stereocenters. The van der Waals surface area contributed by atoms with Crippen molar-refractivity contribution in [3.8, 4) is 22.8 Å². The number of rotatable bonds is 5. The molecule has 2 amide bonds. The number of carbonyl (C=O) groups is 1. The first-order valence-electron chi connectivity index (χ1n) is 8.32. The van der Waals surface area contributed by atoms with Crippen LogP contribution in [0.5, 0.6) is 0 Å². The highest BCUT2D eigenvalue weighted by Crippen LogP contribution is 2.25. The maximum Gasteiger partial charge on any atom is 0.319 e. The summed E-state index contributed by atoms with van der Waals surface area (Å²) < 4.78 is 6.34. The molecule has 1 aromatic heterocycles. The Hall–Kier alpha value is -2.67. The lowest BCUT2D eigenvalue weighted by atomic mass is 10.2. The zero-order valence-corrected chi connectivity index (χ0v) is 16.1. The standard InChI is InChI=1S/C19H19BrN4O2/c1-3-12(2)21-19(25)22-16-6-4-5-14(11-16)17-23-18(26-24-17)13-7-9-15(20)10-8-13/h4-12H,3H2,1-2H3,(H2,21,22,25)/t12-/m1/s1. The third kappa shape index (κ3) is 4.49. The van der Waals surface area contributed by atoms with Crippen molar-refractivity contribution in [1.29, 1.82) is 0 Å². The van der Waals surface area contributed by atoms with Gasteiger partial charge in [0.05, 0.1) is 0 Å². The number of nitrogens with zero attached hydrogens (tertiary/aromatic N) is 2. The molecule has 0 saturated heterocycles. The van der Waals surface area contributed by atoms with Crippen molar-refractivity contribution in [1.82, 2.24) is 15.5 Å².